The largest absolute Gasteiger partial charge is 0.414 e. The van der Waals surface area contributed by atoms with Crippen LogP contribution in [0.1, 0.15) is 41.5 Å². The van der Waals surface area contributed by atoms with E-state index in [0.717, 1.165) is 0 Å². The van der Waals surface area contributed by atoms with Crippen molar-refractivity contribution in [2.45, 2.75) is 323 Å². The smallest absolute Gasteiger partial charge is 0.192 e. The lowest BCUT2D eigenvalue weighted by Gasteiger charge is -2.51. The first-order chi connectivity index (χ1) is 47.7. The molecule has 30 saturated heterocycles. The molecule has 0 amide bonds. The van der Waals surface area contributed by atoms with E-state index >= 15 is 0 Å². The molecule has 30 fully saturated rings. The van der Waals surface area contributed by atoms with Gasteiger partial charge >= 0.3 is 0 Å². The van der Waals surface area contributed by atoms with Crippen molar-refractivity contribution in [3.05, 3.63) is 0 Å². The van der Waals surface area contributed by atoms with Crippen LogP contribution in [0, 0.1) is 0 Å². The Labute approximate surface area is 588 Å². The van der Waals surface area contributed by atoms with E-state index in [1.54, 1.807) is 0 Å². The van der Waals surface area contributed by atoms with Crippen molar-refractivity contribution in [1.82, 2.24) is 0 Å². The zero-order chi connectivity index (χ0) is 75.5. The predicted molar refractivity (Wildman–Crippen MR) is 333 cm³/mol. The van der Waals surface area contributed by atoms with Crippen LogP contribution in [0.5, 0.6) is 0 Å². The fourth-order valence-corrected chi connectivity index (χ4v) is 14.9. The summed E-state index contributed by atoms with van der Waals surface area (Å²) < 4.78 is 108. The van der Waals surface area contributed by atoms with Crippen molar-refractivity contribution in [1.29, 1.82) is 0 Å². The molecular weight excluding hydrogens is 1420 g/mol. The summed E-state index contributed by atoms with van der Waals surface area (Å²) in [5.74, 6) is 0. The molecule has 102 heavy (non-hydrogen) atoms. The first-order valence-electron chi connectivity index (χ1n) is 34.0. The van der Waals surface area contributed by atoms with Gasteiger partial charge in [0.1, 0.15) is 195 Å². The van der Waals surface area contributed by atoms with Crippen molar-refractivity contribution in [3.8, 4) is 0 Å². The molecule has 40 nitrogen and oxygen atoms in total. The van der Waals surface area contributed by atoms with E-state index in [1.165, 1.54) is 0 Å². The molecule has 0 radical (unpaired) electrons. The van der Waals surface area contributed by atoms with E-state index in [2.05, 4.69) is 0 Å². The Bertz CT molecular complexity index is 2560. The van der Waals surface area contributed by atoms with Crippen molar-refractivity contribution in [2.24, 2.45) is 0 Å². The van der Waals surface area contributed by atoms with Gasteiger partial charge in [-0.2, -0.15) is 0 Å². The van der Waals surface area contributed by atoms with Gasteiger partial charge in [0.15, 0.2) is 67.0 Å². The summed E-state index contributed by atoms with van der Waals surface area (Å²) in [6.07, 6.45) is -80.5. The topological polar surface area (TPSA) is 611 Å². The first-order valence-corrected chi connectivity index (χ1v) is 39.8. The molecule has 30 aliphatic heterocycles. The molecule has 0 spiro atoms. The van der Waals surface area contributed by atoms with Crippen LogP contribution in [0.4, 0.5) is 0 Å². The van der Waals surface area contributed by atoms with E-state index in [4.69, 9.17) is 84.6 Å². The summed E-state index contributed by atoms with van der Waals surface area (Å²) in [6, 6.07) is 0. The minimum Gasteiger partial charge on any atom is -0.414 e. The van der Waals surface area contributed by atoms with Crippen LogP contribution in [-0.2, 0) is 84.6 Å². The summed E-state index contributed by atoms with van der Waals surface area (Å²) >= 11 is 0. The summed E-state index contributed by atoms with van der Waals surface area (Å²) in [5, 5.41) is 251. The number of aliphatic hydroxyl groups excluding tert-OH is 22. The van der Waals surface area contributed by atoms with E-state index < -0.39 is 325 Å². The van der Waals surface area contributed by atoms with Crippen LogP contribution in [-0.4, -0.2) is 427 Å². The highest BCUT2D eigenvalue weighted by molar-refractivity contribution is 6.74. The molecule has 22 N–H and O–H groups in total. The summed E-state index contributed by atoms with van der Waals surface area (Å²) in [7, 11) is -5.59. The quantitative estimate of drug-likeness (QED) is 0.0807. The first kappa shape index (κ1) is 84.8. The number of hydrogen-bond acceptors (Lipinski definition) is 40. The monoisotopic (exact) mass is 1520 g/mol. The van der Waals surface area contributed by atoms with E-state index in [0.29, 0.717) is 0 Å². The molecule has 30 heterocycles. The Hall–Kier alpha value is -1.17. The Morgan fingerprint density at radius 2 is 0.343 bits per heavy atom. The lowest BCUT2D eigenvalue weighted by molar-refractivity contribution is -0.403. The highest BCUT2D eigenvalue weighted by Crippen LogP contribution is 2.43. The second-order valence-corrected chi connectivity index (χ2v) is 39.9. The molecule has 42 heteroatoms. The van der Waals surface area contributed by atoms with Crippen molar-refractivity contribution < 1.29 is 197 Å². The van der Waals surface area contributed by atoms with Gasteiger partial charge < -0.3 is 197 Å². The summed E-state index contributed by atoms with van der Waals surface area (Å²) in [4.78, 5) is 0. The predicted octanol–water partition coefficient (Wildman–Crippen LogP) is -11.3. The van der Waals surface area contributed by atoms with Crippen LogP contribution in [0.2, 0.25) is 36.3 Å². The third kappa shape index (κ3) is 17.4. The van der Waals surface area contributed by atoms with Gasteiger partial charge in [0.25, 0.3) is 0 Å². The SMILES string of the molecule is CC(C)(C)[Si](C)(C)OC[C@H]1O[C@@H]2O[C@H]3[C@H](O)[C@@H](O)[C@@H](O[C@H]4[C@H](O)[C@@H](O)[C@@H](O[C@H]5[C@H](O)[C@@H](O)[C@@H](O[C@H]6[C@H](O)[C@@H](O)[C@@H](O[C@H]7[C@H](O)[C@@H](O)[C@@H](O[C@H]8[C@H](O)[C@@H](O)[C@@H](O[C@H]9[C@H](O)[C@@H](O)[C@@H](O[C@H]1[C@H](O)[C@H]2O)O[C@@H]9CO)O[C@@H]8CO[Si](C)(C)C(C)(C)C)O[C@@H]7CO)O[C@@H]6CO)O[C@@H]5CO)O[C@@H]4CO)O[C@@H]3CO. The highest BCUT2D eigenvalue weighted by Gasteiger charge is 2.61. The molecule has 40 atom stereocenters. The van der Waals surface area contributed by atoms with Crippen LogP contribution in [0.15, 0.2) is 0 Å². The zero-order valence-corrected chi connectivity index (χ0v) is 59.9. The fraction of sp³-hybridized carbons (Fsp3) is 1.00. The highest BCUT2D eigenvalue weighted by atomic mass is 28.4. The third-order valence-electron chi connectivity index (χ3n) is 21.4. The molecular formula is C60H108O40Si2. The van der Waals surface area contributed by atoms with Gasteiger partial charge in [0.2, 0.25) is 0 Å². The Morgan fingerprint density at radius 3 is 0.471 bits per heavy atom. The van der Waals surface area contributed by atoms with E-state index in [-0.39, 0.29) is 0 Å². The van der Waals surface area contributed by atoms with Gasteiger partial charge in [0.05, 0.1) is 52.9 Å². The standard InChI is InChI=1S/C60H108O40Si2/c1-59(2,3)101(7,8)83-17-25-49-34(74)42(82)58(92-25)98-48-24(16-66)90-56(40(80)32(48)72)100-50-26(18-84-102(9,10)60(4,5)6)91-57(41(81)33(50)73)97-47-23(15-65)88-54(38(78)30(47)70)95-45-21(13-63)86-52(36(76)28(45)68)93-43-19(11-61)85-51(35(75)27(43)67)94-44-20(12-62)87-53(37(77)29(44)69)96-46-22(14-64)89-55(99-49)39(79)31(46)71/h19-58,61-82H,11-18H2,1-10H3/t19-,20-,21-,22-,23-,24-,25-,26-,27-,28-,29-,30-,31-,32-,33-,34-,35-,36-,37-,38-,39-,40-,41-,42-,43-,44-,45-,46-,47-,48-,49-,50-,51-,52-,53-,54-,55-,56-,57-,58-/m1/s1. The maximum Gasteiger partial charge on any atom is 0.192 e. The molecule has 0 aromatic carbocycles. The normalized spacial score (nSPS) is 50.1. The average molecular weight is 1530 g/mol. The van der Waals surface area contributed by atoms with E-state index in [9.17, 15) is 112 Å². The summed E-state index contributed by atoms with van der Waals surface area (Å²) in [5.41, 5.74) is 0. The van der Waals surface area contributed by atoms with Crippen LogP contribution in [0.3, 0.4) is 0 Å². The van der Waals surface area contributed by atoms with Crippen molar-refractivity contribution in [2.75, 3.05) is 52.9 Å². The van der Waals surface area contributed by atoms with Gasteiger partial charge in [-0.05, 0) is 36.3 Å². The van der Waals surface area contributed by atoms with Gasteiger partial charge in [0, 0.05) is 0 Å². The summed E-state index contributed by atoms with van der Waals surface area (Å²) in [6.45, 7) is 11.6. The van der Waals surface area contributed by atoms with Crippen LogP contribution >= 0.6 is 0 Å². The van der Waals surface area contributed by atoms with Crippen LogP contribution < -0.4 is 0 Å². The molecule has 30 rings (SSSR count). The molecule has 0 aromatic rings. The number of hydrogen-bond donors (Lipinski definition) is 22. The average Bonchev–Trinajstić information content (AvgIpc) is 0.772. The van der Waals surface area contributed by atoms with Crippen LogP contribution in [0.25, 0.3) is 0 Å². The molecule has 0 aliphatic carbocycles. The Balaban J connectivity index is 1.03. The zero-order valence-electron chi connectivity index (χ0n) is 57.9. The molecule has 0 unspecified atom stereocenters. The molecule has 30 aliphatic rings. The molecule has 0 aromatic heterocycles. The van der Waals surface area contributed by atoms with Gasteiger partial charge in [-0.15, -0.1) is 0 Å². The fourth-order valence-electron chi connectivity index (χ4n) is 12.9. The minimum absolute atomic E-state index is 0.464. The van der Waals surface area contributed by atoms with Gasteiger partial charge in [-0.25, -0.2) is 0 Å². The molecule has 0 saturated carbocycles. The lowest BCUT2D eigenvalue weighted by Crippen LogP contribution is -2.69. The minimum atomic E-state index is -2.79. The second kappa shape index (κ2) is 34.2. The molecule has 596 valence electrons. The maximum atomic E-state index is 12.0. The van der Waals surface area contributed by atoms with E-state index in [1.807, 2.05) is 67.7 Å². The number of rotatable bonds is 12. The maximum absolute atomic E-state index is 12.0. The third-order valence-corrected chi connectivity index (χ3v) is 30.4. The Kier molecular flexibility index (Phi) is 28.5. The number of aliphatic hydroxyl groups is 22. The van der Waals surface area contributed by atoms with Crippen molar-refractivity contribution >= 4 is 16.6 Å². The Morgan fingerprint density at radius 1 is 0.216 bits per heavy atom. The van der Waals surface area contributed by atoms with Crippen molar-refractivity contribution in [3.63, 3.8) is 0 Å². The van der Waals surface area contributed by atoms with Gasteiger partial charge in [-0.3, -0.25) is 0 Å². The number of ether oxygens (including phenoxy) is 16. The molecule has 16 bridgehead atoms. The van der Waals surface area contributed by atoms with Gasteiger partial charge in [-0.1, -0.05) is 41.5 Å². The second-order valence-electron chi connectivity index (χ2n) is 30.2. The lowest BCUT2D eigenvalue weighted by atomic mass is 9.94.